The topological polar surface area (TPSA) is 132 Å². The van der Waals surface area contributed by atoms with E-state index in [0.717, 1.165) is 26.2 Å². The number of hydrogen-bond donors (Lipinski definition) is 0. The van der Waals surface area contributed by atoms with Crippen molar-refractivity contribution >= 4 is 42.3 Å². The minimum Gasteiger partial charge on any atom is -0.741 e. The molecule has 0 radical (unpaired) electrons. The van der Waals surface area contributed by atoms with E-state index in [2.05, 4.69) is 190 Å². The molecule has 0 N–H and O–H groups in total. The molecule has 3 aliphatic carbocycles. The van der Waals surface area contributed by atoms with Crippen LogP contribution in [0.4, 0.5) is 26.3 Å². The van der Waals surface area contributed by atoms with Gasteiger partial charge in [-0.1, -0.05) is 121 Å². The fourth-order valence-electron chi connectivity index (χ4n) is 9.81. The van der Waals surface area contributed by atoms with Gasteiger partial charge in [-0.3, -0.25) is 0 Å². The highest BCUT2D eigenvalue weighted by Gasteiger charge is 2.51. The second-order valence-corrected chi connectivity index (χ2v) is 19.7. The molecule has 6 aromatic carbocycles. The molecule has 18 heteroatoms. The molecule has 0 saturated heterocycles. The molecular weight excluding hydrogens is 931 g/mol. The van der Waals surface area contributed by atoms with Gasteiger partial charge in [0.05, 0.1) is 13.1 Å². The zero-order valence-corrected chi connectivity index (χ0v) is 38.1. The Balaban J connectivity index is 0.000000337. The third kappa shape index (κ3) is 9.68. The zero-order chi connectivity index (χ0) is 48.8. The highest BCUT2D eigenvalue weighted by molar-refractivity contribution is 7.86. The number of nitrogens with zero attached hydrogens (tertiary/aromatic N) is 4. The van der Waals surface area contributed by atoms with Crippen molar-refractivity contribution in [1.82, 2.24) is 9.13 Å². The van der Waals surface area contributed by atoms with E-state index in [4.69, 9.17) is 25.9 Å². The van der Waals surface area contributed by atoms with Crippen LogP contribution >= 0.6 is 0 Å². The van der Waals surface area contributed by atoms with Crippen molar-refractivity contribution in [3.8, 4) is 0 Å². The summed E-state index contributed by atoms with van der Waals surface area (Å²) in [7, 11) is -12.2. The molecule has 0 amide bonds. The quantitative estimate of drug-likeness (QED) is 0.0646. The van der Waals surface area contributed by atoms with Crippen LogP contribution in [0.1, 0.15) is 56.3 Å². The second kappa shape index (κ2) is 18.6. The number of hydrogen-bond acceptors (Lipinski definition) is 6. The van der Waals surface area contributed by atoms with Crippen molar-refractivity contribution in [2.24, 2.45) is 11.8 Å². The smallest absolute Gasteiger partial charge is 0.485 e. The molecule has 2 bridgehead atoms. The summed E-state index contributed by atoms with van der Waals surface area (Å²) in [5, 5.41) is 0. The van der Waals surface area contributed by atoms with Gasteiger partial charge in [-0.05, 0) is 82.6 Å². The Hall–Kier alpha value is -6.34. The van der Waals surface area contributed by atoms with Gasteiger partial charge in [0.1, 0.15) is 13.1 Å². The lowest BCUT2D eigenvalue weighted by Crippen LogP contribution is -2.44. The van der Waals surface area contributed by atoms with Crippen LogP contribution in [-0.4, -0.2) is 46.1 Å². The first-order valence-corrected chi connectivity index (χ1v) is 24.2. The lowest BCUT2D eigenvalue weighted by Gasteiger charge is -2.49. The molecule has 0 spiro atoms. The normalized spacial score (nSPS) is 17.7. The average Bonchev–Trinajstić information content (AvgIpc) is 3.81. The van der Waals surface area contributed by atoms with E-state index in [1.807, 2.05) is 0 Å². The van der Waals surface area contributed by atoms with Crippen molar-refractivity contribution in [2.45, 2.75) is 62.9 Å². The Labute approximate surface area is 388 Å². The summed E-state index contributed by atoms with van der Waals surface area (Å²) < 4.78 is 128. The Morgan fingerprint density at radius 1 is 0.471 bits per heavy atom. The van der Waals surface area contributed by atoms with Crippen molar-refractivity contribution in [1.29, 1.82) is 0 Å². The minimum absolute atomic E-state index is 0.328. The number of halogens is 6. The Morgan fingerprint density at radius 3 is 1.06 bits per heavy atom. The fraction of sp³-hybridized carbons (Fsp3) is 0.240. The van der Waals surface area contributed by atoms with Crippen molar-refractivity contribution in [3.05, 3.63) is 203 Å². The van der Waals surface area contributed by atoms with Crippen LogP contribution in [0, 0.1) is 25.7 Å². The lowest BCUT2D eigenvalue weighted by molar-refractivity contribution is -0.663. The largest absolute Gasteiger partial charge is 0.741 e. The predicted octanol–water partition coefficient (Wildman–Crippen LogP) is 9.21. The van der Waals surface area contributed by atoms with Gasteiger partial charge in [0.25, 0.3) is 0 Å². The number of rotatable bonds is 8. The summed E-state index contributed by atoms with van der Waals surface area (Å²) in [6.07, 6.45) is 4.80. The molecule has 0 aliphatic heterocycles. The Kier molecular flexibility index (Phi) is 13.2. The van der Waals surface area contributed by atoms with Gasteiger partial charge in [0, 0.05) is 23.7 Å². The molecule has 2 unspecified atom stereocenters. The molecule has 354 valence electrons. The van der Waals surface area contributed by atoms with Crippen LogP contribution in [0.25, 0.3) is 22.1 Å². The molecule has 0 saturated carbocycles. The minimum atomic E-state index is -6.09. The van der Waals surface area contributed by atoms with E-state index in [1.54, 1.807) is 0 Å². The number of fused-ring (bicyclic) bond motifs is 3. The third-order valence-corrected chi connectivity index (χ3v) is 14.0. The number of aromatic nitrogens is 4. The molecular formula is C50H44F6N4O6S2. The van der Waals surface area contributed by atoms with Gasteiger partial charge in [0.2, 0.25) is 12.7 Å². The Morgan fingerprint density at radius 2 is 0.750 bits per heavy atom. The molecule has 68 heavy (non-hydrogen) atoms. The van der Waals surface area contributed by atoms with E-state index in [9.17, 15) is 26.3 Å². The predicted molar refractivity (Wildman–Crippen MR) is 240 cm³/mol. The molecule has 2 heterocycles. The van der Waals surface area contributed by atoms with Gasteiger partial charge in [-0.2, -0.15) is 26.3 Å². The van der Waals surface area contributed by atoms with Gasteiger partial charge in [-0.15, -0.1) is 0 Å². The number of aryl methyl sites for hydroxylation is 2. The third-order valence-electron chi connectivity index (χ3n) is 12.9. The van der Waals surface area contributed by atoms with Crippen LogP contribution in [-0.2, 0) is 46.4 Å². The van der Waals surface area contributed by atoms with Gasteiger partial charge in [0.15, 0.2) is 42.3 Å². The standard InChI is InChI=1S/C48H44N4.2CHF3O3S/c1-33-15-3-5-17-35(33)27-49-31-51(45-25-13-11-23-43(45)49)29-41-42(48-39-21-9-7-19-37(39)47(41)38-20-8-10-22-40(38)48)30-52-32-50(44-24-12-14-26-46(44)52)28-36-18-6-4-16-34(36)2;2*2-1(3,4)8(5,6)7/h3-26,31-32,41-42,47-48H,27-30H2,1-2H3;2*(H,5,6,7)/q+2;;/p-2. The molecule has 0 fully saturated rings. The maximum Gasteiger partial charge on any atom is 0.485 e. The van der Waals surface area contributed by atoms with Gasteiger partial charge >= 0.3 is 11.0 Å². The SMILES string of the molecule is Cc1ccccc1C[n+]1cn(CC2C3c4ccccc4C(c4ccccc43)C2Cn2c[n+](Cc3ccccc3C)c3ccccc32)c2ccccc21.O=S(=O)([O-])C(F)(F)F.O=S(=O)([O-])C(F)(F)F. The van der Waals surface area contributed by atoms with E-state index in [1.165, 1.54) is 66.6 Å². The highest BCUT2D eigenvalue weighted by Crippen LogP contribution is 2.59. The first-order valence-electron chi connectivity index (χ1n) is 21.4. The summed E-state index contributed by atoms with van der Waals surface area (Å²) in [4.78, 5) is 0. The number of imidazole rings is 2. The molecule has 2 aromatic heterocycles. The van der Waals surface area contributed by atoms with E-state index < -0.39 is 31.3 Å². The van der Waals surface area contributed by atoms with Gasteiger partial charge < -0.3 is 9.11 Å². The molecule has 8 aromatic rings. The number of para-hydroxylation sites is 4. The van der Waals surface area contributed by atoms with Crippen LogP contribution < -0.4 is 9.13 Å². The summed E-state index contributed by atoms with van der Waals surface area (Å²) in [5.41, 5.74) is 5.38. The van der Waals surface area contributed by atoms with E-state index in [-0.39, 0.29) is 0 Å². The summed E-state index contributed by atoms with van der Waals surface area (Å²) in [6, 6.07) is 54.2. The molecule has 2 atom stereocenters. The zero-order valence-electron chi connectivity index (χ0n) is 36.5. The summed E-state index contributed by atoms with van der Waals surface area (Å²) >= 11 is 0. The Bertz CT molecular complexity index is 3100. The molecule has 3 aliphatic rings. The lowest BCUT2D eigenvalue weighted by atomic mass is 9.54. The van der Waals surface area contributed by atoms with Crippen LogP contribution in [0.2, 0.25) is 0 Å². The van der Waals surface area contributed by atoms with Crippen LogP contribution in [0.5, 0.6) is 0 Å². The van der Waals surface area contributed by atoms with E-state index >= 15 is 0 Å². The van der Waals surface area contributed by atoms with Crippen LogP contribution in [0.3, 0.4) is 0 Å². The maximum atomic E-state index is 10.7. The first-order chi connectivity index (χ1) is 32.1. The molecule has 11 rings (SSSR count). The van der Waals surface area contributed by atoms with Crippen molar-refractivity contribution in [3.63, 3.8) is 0 Å². The first kappa shape index (κ1) is 48.1. The molecule has 10 nitrogen and oxygen atoms in total. The number of benzene rings is 6. The van der Waals surface area contributed by atoms with Crippen molar-refractivity contribution in [2.75, 3.05) is 0 Å². The second-order valence-electron chi connectivity index (χ2n) is 17.0. The fourth-order valence-corrected chi connectivity index (χ4v) is 9.81. The van der Waals surface area contributed by atoms with E-state index in [0.29, 0.717) is 23.7 Å². The number of alkyl halides is 6. The monoisotopic (exact) mass is 974 g/mol. The summed E-state index contributed by atoms with van der Waals surface area (Å²) in [5.74, 6) is 1.47. The van der Waals surface area contributed by atoms with Gasteiger partial charge in [-0.25, -0.2) is 35.1 Å². The average molecular weight is 975 g/mol. The summed E-state index contributed by atoms with van der Waals surface area (Å²) in [6.45, 7) is 8.09. The maximum absolute atomic E-state index is 10.7. The van der Waals surface area contributed by atoms with Crippen molar-refractivity contribution < 1.29 is 61.4 Å². The van der Waals surface area contributed by atoms with Crippen LogP contribution in [0.15, 0.2) is 158 Å². The highest BCUT2D eigenvalue weighted by atomic mass is 32.2.